The van der Waals surface area contributed by atoms with E-state index in [4.69, 9.17) is 5.11 Å². The van der Waals surface area contributed by atoms with Gasteiger partial charge in [0.05, 0.1) is 12.1 Å². The summed E-state index contributed by atoms with van der Waals surface area (Å²) in [5.41, 5.74) is 2.15. The molecule has 1 amide bonds. The first-order valence-electron chi connectivity index (χ1n) is 6.63. The third-order valence-corrected chi connectivity index (χ3v) is 3.61. The highest BCUT2D eigenvalue weighted by molar-refractivity contribution is 5.84. The van der Waals surface area contributed by atoms with Gasteiger partial charge in [0.25, 0.3) is 0 Å². The molecular weight excluding hydrogens is 230 g/mol. The Labute approximate surface area is 107 Å². The number of hydrogen-bond donors (Lipinski definition) is 3. The summed E-state index contributed by atoms with van der Waals surface area (Å²) in [5, 5.41) is 18.8. The van der Waals surface area contributed by atoms with Gasteiger partial charge in [0.1, 0.15) is 0 Å². The van der Waals surface area contributed by atoms with Crippen molar-refractivity contribution in [3.05, 3.63) is 17.5 Å². The van der Waals surface area contributed by atoms with Gasteiger partial charge in [-0.1, -0.05) is 6.92 Å². The maximum atomic E-state index is 12.2. The molecule has 5 heteroatoms. The van der Waals surface area contributed by atoms with Crippen molar-refractivity contribution in [1.82, 2.24) is 15.5 Å². The number of carbonyl (C=O) groups excluding carboxylic acids is 1. The minimum Gasteiger partial charge on any atom is -0.396 e. The van der Waals surface area contributed by atoms with E-state index in [0.29, 0.717) is 12.5 Å². The van der Waals surface area contributed by atoms with Crippen LogP contribution in [0.15, 0.2) is 6.20 Å². The predicted octanol–water partition coefficient (Wildman–Crippen LogP) is 0.964. The summed E-state index contributed by atoms with van der Waals surface area (Å²) in [6, 6.07) is 0. The molecule has 1 aliphatic rings. The van der Waals surface area contributed by atoms with Gasteiger partial charge in [-0.2, -0.15) is 5.10 Å². The van der Waals surface area contributed by atoms with Crippen LogP contribution in [-0.4, -0.2) is 34.4 Å². The van der Waals surface area contributed by atoms with Crippen molar-refractivity contribution in [3.8, 4) is 0 Å². The number of aliphatic hydroxyl groups is 1. The average Bonchev–Trinajstić information content (AvgIpc) is 2.84. The van der Waals surface area contributed by atoms with Gasteiger partial charge in [0, 0.05) is 24.4 Å². The maximum Gasteiger partial charge on any atom is 0.227 e. The fourth-order valence-corrected chi connectivity index (χ4v) is 2.45. The summed E-state index contributed by atoms with van der Waals surface area (Å²) in [5.74, 6) is 0.335. The molecule has 0 bridgehead atoms. The van der Waals surface area contributed by atoms with Crippen LogP contribution in [0.25, 0.3) is 0 Å². The van der Waals surface area contributed by atoms with Gasteiger partial charge in [-0.3, -0.25) is 9.89 Å². The first kappa shape index (κ1) is 13.1. The molecule has 1 heterocycles. The van der Waals surface area contributed by atoms with Crippen molar-refractivity contribution in [1.29, 1.82) is 0 Å². The number of aromatic nitrogens is 2. The maximum absolute atomic E-state index is 12.2. The largest absolute Gasteiger partial charge is 0.396 e. The lowest BCUT2D eigenvalue weighted by Crippen LogP contribution is -2.34. The van der Waals surface area contributed by atoms with Gasteiger partial charge >= 0.3 is 0 Å². The Hall–Kier alpha value is -1.36. The van der Waals surface area contributed by atoms with E-state index in [-0.39, 0.29) is 18.4 Å². The summed E-state index contributed by atoms with van der Waals surface area (Å²) in [7, 11) is 0. The number of H-pyrrole nitrogens is 1. The van der Waals surface area contributed by atoms with Crippen LogP contribution in [0.4, 0.5) is 0 Å². The van der Waals surface area contributed by atoms with E-state index in [1.54, 1.807) is 6.20 Å². The second-order valence-corrected chi connectivity index (χ2v) is 5.11. The standard InChI is InChI=1S/C13H21N3O2/c1-9(5-6-17)7-14-13(18)10-3-2-4-12-11(10)8-15-16-12/h8-10,17H,2-7H2,1H3,(H,14,18)(H,15,16). The molecule has 0 radical (unpaired) electrons. The number of rotatable bonds is 5. The quantitative estimate of drug-likeness (QED) is 0.729. The Morgan fingerprint density at radius 1 is 1.72 bits per heavy atom. The van der Waals surface area contributed by atoms with Gasteiger partial charge in [-0.15, -0.1) is 0 Å². The fraction of sp³-hybridized carbons (Fsp3) is 0.692. The van der Waals surface area contributed by atoms with Crippen LogP contribution in [0.1, 0.15) is 43.4 Å². The van der Waals surface area contributed by atoms with Crippen molar-refractivity contribution < 1.29 is 9.90 Å². The second-order valence-electron chi connectivity index (χ2n) is 5.11. The Bertz CT molecular complexity index is 403. The smallest absolute Gasteiger partial charge is 0.227 e. The number of nitrogens with one attached hydrogen (secondary N) is 2. The molecule has 0 fully saturated rings. The normalized spacial score (nSPS) is 20.2. The van der Waals surface area contributed by atoms with Gasteiger partial charge in [-0.25, -0.2) is 0 Å². The number of carbonyl (C=O) groups is 1. The molecule has 0 saturated heterocycles. The Morgan fingerprint density at radius 3 is 3.33 bits per heavy atom. The minimum atomic E-state index is -0.0613. The van der Waals surface area contributed by atoms with Crippen molar-refractivity contribution in [2.75, 3.05) is 13.2 Å². The zero-order valence-corrected chi connectivity index (χ0v) is 10.8. The summed E-state index contributed by atoms with van der Waals surface area (Å²) >= 11 is 0. The molecule has 1 aliphatic carbocycles. The SMILES string of the molecule is CC(CCO)CNC(=O)C1CCCc2[nH]ncc21. The van der Waals surface area contributed by atoms with E-state index in [9.17, 15) is 4.79 Å². The zero-order valence-electron chi connectivity index (χ0n) is 10.8. The minimum absolute atomic E-state index is 0.0613. The second kappa shape index (κ2) is 6.00. The van der Waals surface area contributed by atoms with E-state index in [0.717, 1.165) is 36.9 Å². The summed E-state index contributed by atoms with van der Waals surface area (Å²) in [4.78, 5) is 12.2. The molecule has 100 valence electrons. The Morgan fingerprint density at radius 2 is 2.56 bits per heavy atom. The van der Waals surface area contributed by atoms with Gasteiger partial charge < -0.3 is 10.4 Å². The summed E-state index contributed by atoms with van der Waals surface area (Å²) < 4.78 is 0. The molecule has 0 saturated carbocycles. The lowest BCUT2D eigenvalue weighted by atomic mass is 9.86. The number of hydrogen-bond acceptors (Lipinski definition) is 3. The van der Waals surface area contributed by atoms with Crippen molar-refractivity contribution in [3.63, 3.8) is 0 Å². The van der Waals surface area contributed by atoms with Crippen molar-refractivity contribution in [2.45, 2.75) is 38.5 Å². The fourth-order valence-electron chi connectivity index (χ4n) is 2.45. The van der Waals surface area contributed by atoms with E-state index in [2.05, 4.69) is 15.5 Å². The van der Waals surface area contributed by atoms with E-state index in [1.807, 2.05) is 6.92 Å². The molecule has 1 aromatic rings. The zero-order chi connectivity index (χ0) is 13.0. The molecular formula is C13H21N3O2. The van der Waals surface area contributed by atoms with Crippen LogP contribution < -0.4 is 5.32 Å². The highest BCUT2D eigenvalue weighted by Crippen LogP contribution is 2.30. The first-order valence-corrected chi connectivity index (χ1v) is 6.63. The Kier molecular flexibility index (Phi) is 4.36. The predicted molar refractivity (Wildman–Crippen MR) is 68.1 cm³/mol. The van der Waals surface area contributed by atoms with E-state index >= 15 is 0 Å². The summed E-state index contributed by atoms with van der Waals surface area (Å²) in [6.45, 7) is 2.83. The molecule has 2 atom stereocenters. The van der Waals surface area contributed by atoms with Crippen molar-refractivity contribution in [2.24, 2.45) is 5.92 Å². The lowest BCUT2D eigenvalue weighted by Gasteiger charge is -2.22. The van der Waals surface area contributed by atoms with Crippen LogP contribution in [0, 0.1) is 5.92 Å². The van der Waals surface area contributed by atoms with Crippen LogP contribution >= 0.6 is 0 Å². The monoisotopic (exact) mass is 251 g/mol. The number of nitrogens with zero attached hydrogens (tertiary/aromatic N) is 1. The van der Waals surface area contributed by atoms with Gasteiger partial charge in [-0.05, 0) is 31.6 Å². The highest BCUT2D eigenvalue weighted by atomic mass is 16.3. The molecule has 2 rings (SSSR count). The Balaban J connectivity index is 1.91. The number of aryl methyl sites for hydroxylation is 1. The number of amides is 1. The third kappa shape index (κ3) is 2.90. The molecule has 2 unspecified atom stereocenters. The summed E-state index contributed by atoms with van der Waals surface area (Å²) in [6.07, 6.45) is 5.41. The number of aromatic amines is 1. The number of aliphatic hydroxyl groups excluding tert-OH is 1. The first-order chi connectivity index (χ1) is 8.72. The van der Waals surface area contributed by atoms with E-state index < -0.39 is 0 Å². The van der Waals surface area contributed by atoms with Crippen LogP contribution in [0.5, 0.6) is 0 Å². The van der Waals surface area contributed by atoms with Gasteiger partial charge in [0.2, 0.25) is 5.91 Å². The van der Waals surface area contributed by atoms with Crippen molar-refractivity contribution >= 4 is 5.91 Å². The van der Waals surface area contributed by atoms with E-state index in [1.165, 1.54) is 0 Å². The lowest BCUT2D eigenvalue weighted by molar-refractivity contribution is -0.123. The van der Waals surface area contributed by atoms with Crippen LogP contribution in [-0.2, 0) is 11.2 Å². The topological polar surface area (TPSA) is 78.0 Å². The molecule has 18 heavy (non-hydrogen) atoms. The van der Waals surface area contributed by atoms with Crippen LogP contribution in [0.3, 0.4) is 0 Å². The number of fused-ring (bicyclic) bond motifs is 1. The molecule has 0 aromatic carbocycles. The molecule has 5 nitrogen and oxygen atoms in total. The molecule has 3 N–H and O–H groups in total. The van der Waals surface area contributed by atoms with Gasteiger partial charge in [0.15, 0.2) is 0 Å². The molecule has 0 aliphatic heterocycles. The molecule has 0 spiro atoms. The average molecular weight is 251 g/mol. The molecule has 1 aromatic heterocycles. The third-order valence-electron chi connectivity index (χ3n) is 3.61. The highest BCUT2D eigenvalue weighted by Gasteiger charge is 2.27. The van der Waals surface area contributed by atoms with Crippen LogP contribution in [0.2, 0.25) is 0 Å².